The van der Waals surface area contributed by atoms with Gasteiger partial charge in [-0.3, -0.25) is 14.5 Å². The van der Waals surface area contributed by atoms with Crippen molar-refractivity contribution < 1.29 is 23.1 Å². The number of likely N-dealkylation sites (N-methyl/N-ethyl adjacent to an activating group) is 1. The highest BCUT2D eigenvalue weighted by molar-refractivity contribution is 6.36. The molecule has 1 atom stereocenters. The number of halogens is 4. The van der Waals surface area contributed by atoms with Crippen LogP contribution in [0.25, 0.3) is 0 Å². The number of nitrogens with zero attached hydrogens (tertiary/aromatic N) is 5. The lowest BCUT2D eigenvalue weighted by Gasteiger charge is -2.32. The molecule has 1 fully saturated rings. The van der Waals surface area contributed by atoms with Crippen LogP contribution in [0.4, 0.5) is 26.1 Å². The van der Waals surface area contributed by atoms with E-state index in [-0.39, 0.29) is 44.2 Å². The minimum Gasteiger partial charge on any atom is -0.482 e. The van der Waals surface area contributed by atoms with Crippen LogP contribution in [0.2, 0.25) is 10.0 Å². The SMILES string of the molecule is C[C@@H](Oc1cc(N(C=O)c2ccc(C(=O)N3CCN(C)CC3)c(F)c2)nnc1N)c1c(Cl)ccc(F)c1Cl. The molecule has 0 radical (unpaired) electrons. The fourth-order valence-corrected chi connectivity index (χ4v) is 4.68. The average molecular weight is 565 g/mol. The van der Waals surface area contributed by atoms with Crippen molar-refractivity contribution in [3.05, 3.63) is 69.2 Å². The molecule has 1 aromatic heterocycles. The van der Waals surface area contributed by atoms with Gasteiger partial charge >= 0.3 is 0 Å². The van der Waals surface area contributed by atoms with E-state index in [1.165, 1.54) is 24.3 Å². The number of hydrogen-bond acceptors (Lipinski definition) is 7. The largest absolute Gasteiger partial charge is 0.482 e. The van der Waals surface area contributed by atoms with Crippen LogP contribution in [0.3, 0.4) is 0 Å². The topological polar surface area (TPSA) is 105 Å². The summed E-state index contributed by atoms with van der Waals surface area (Å²) in [6.07, 6.45) is -0.447. The van der Waals surface area contributed by atoms with Crippen LogP contribution in [0.1, 0.15) is 28.9 Å². The molecule has 1 saturated heterocycles. The summed E-state index contributed by atoms with van der Waals surface area (Å²) in [5, 5.41) is 7.71. The smallest absolute Gasteiger partial charge is 0.256 e. The average Bonchev–Trinajstić information content (AvgIpc) is 2.89. The number of nitrogen functional groups attached to an aromatic ring is 1. The number of carbonyl (C=O) groups excluding carboxylic acids is 2. The van der Waals surface area contributed by atoms with E-state index in [4.69, 9.17) is 33.7 Å². The Hall–Kier alpha value is -3.54. The van der Waals surface area contributed by atoms with E-state index >= 15 is 4.39 Å². The van der Waals surface area contributed by atoms with Crippen molar-refractivity contribution in [2.24, 2.45) is 0 Å². The first-order valence-corrected chi connectivity index (χ1v) is 12.3. The molecule has 0 spiro atoms. The Labute approximate surface area is 227 Å². The van der Waals surface area contributed by atoms with Crippen LogP contribution in [0, 0.1) is 11.6 Å². The quantitative estimate of drug-likeness (QED) is 0.333. The minimum atomic E-state index is -0.855. The lowest BCUT2D eigenvalue weighted by atomic mass is 10.1. The number of amides is 2. The Kier molecular flexibility index (Phi) is 8.29. The van der Waals surface area contributed by atoms with Gasteiger partial charge in [-0.2, -0.15) is 0 Å². The van der Waals surface area contributed by atoms with Crippen LogP contribution in [-0.2, 0) is 4.79 Å². The lowest BCUT2D eigenvalue weighted by Crippen LogP contribution is -2.47. The second-order valence-electron chi connectivity index (χ2n) is 8.70. The van der Waals surface area contributed by atoms with Gasteiger partial charge in [-0.15, -0.1) is 10.2 Å². The number of carbonyl (C=O) groups is 2. The summed E-state index contributed by atoms with van der Waals surface area (Å²) in [7, 11) is 1.95. The molecule has 38 heavy (non-hydrogen) atoms. The molecule has 0 unspecified atom stereocenters. The predicted octanol–water partition coefficient (Wildman–Crippen LogP) is 4.47. The molecular weight excluding hydrogens is 541 g/mol. The van der Waals surface area contributed by atoms with Crippen molar-refractivity contribution >= 4 is 52.8 Å². The molecule has 1 aliphatic heterocycles. The van der Waals surface area contributed by atoms with Crippen LogP contribution in [0.15, 0.2) is 36.4 Å². The van der Waals surface area contributed by atoms with E-state index < -0.39 is 23.6 Å². The molecule has 2 aromatic carbocycles. The third kappa shape index (κ3) is 5.64. The van der Waals surface area contributed by atoms with Crippen LogP contribution in [0.5, 0.6) is 5.75 Å². The number of piperazine rings is 1. The molecule has 200 valence electrons. The van der Waals surface area contributed by atoms with Crippen LogP contribution in [-0.4, -0.2) is 65.5 Å². The van der Waals surface area contributed by atoms with Gasteiger partial charge in [-0.25, -0.2) is 8.78 Å². The van der Waals surface area contributed by atoms with Gasteiger partial charge in [-0.1, -0.05) is 23.2 Å². The van der Waals surface area contributed by atoms with Gasteiger partial charge in [0.05, 0.1) is 16.3 Å². The first kappa shape index (κ1) is 27.5. The zero-order valence-corrected chi connectivity index (χ0v) is 22.0. The van der Waals surface area contributed by atoms with E-state index in [9.17, 15) is 14.0 Å². The second kappa shape index (κ2) is 11.5. The summed E-state index contributed by atoms with van der Waals surface area (Å²) < 4.78 is 34.8. The van der Waals surface area contributed by atoms with E-state index in [1.54, 1.807) is 11.8 Å². The molecule has 1 aliphatic rings. The predicted molar refractivity (Wildman–Crippen MR) is 140 cm³/mol. The third-order valence-electron chi connectivity index (χ3n) is 6.17. The molecule has 0 saturated carbocycles. The Morgan fingerprint density at radius 2 is 1.82 bits per heavy atom. The minimum absolute atomic E-state index is 0.00748. The monoisotopic (exact) mass is 564 g/mol. The van der Waals surface area contributed by atoms with Gasteiger partial charge in [0.2, 0.25) is 6.41 Å². The number of benzene rings is 2. The highest BCUT2D eigenvalue weighted by atomic mass is 35.5. The second-order valence-corrected chi connectivity index (χ2v) is 9.49. The number of ether oxygens (including phenoxy) is 1. The van der Waals surface area contributed by atoms with Gasteiger partial charge in [0.25, 0.3) is 5.91 Å². The maximum absolute atomic E-state index is 15.0. The van der Waals surface area contributed by atoms with Crippen LogP contribution >= 0.6 is 23.2 Å². The van der Waals surface area contributed by atoms with E-state index in [1.807, 2.05) is 7.05 Å². The van der Waals surface area contributed by atoms with Crippen LogP contribution < -0.4 is 15.4 Å². The molecule has 2 heterocycles. The molecule has 4 rings (SSSR count). The highest BCUT2D eigenvalue weighted by Crippen LogP contribution is 2.37. The van der Waals surface area contributed by atoms with Gasteiger partial charge < -0.3 is 20.3 Å². The standard InChI is InChI=1S/C25H24Cl2F2N6O3/c1-14(22-17(26)5-6-18(28)23(22)27)38-20-12-21(31-32-24(20)30)35(13-36)15-3-4-16(19(29)11-15)25(37)34-9-7-33(2)8-10-34/h3-6,11-14H,7-10H2,1-2H3,(H2,30,32)/t14-/m1/s1. The zero-order chi connectivity index (χ0) is 27.6. The number of anilines is 3. The normalized spacial score (nSPS) is 14.7. The summed E-state index contributed by atoms with van der Waals surface area (Å²) >= 11 is 12.3. The number of rotatable bonds is 7. The summed E-state index contributed by atoms with van der Waals surface area (Å²) in [5.41, 5.74) is 6.10. The number of nitrogens with two attached hydrogens (primary N) is 1. The highest BCUT2D eigenvalue weighted by Gasteiger charge is 2.25. The van der Waals surface area contributed by atoms with Gasteiger partial charge in [0, 0.05) is 42.8 Å². The Morgan fingerprint density at radius 1 is 1.11 bits per heavy atom. The maximum atomic E-state index is 15.0. The van der Waals surface area contributed by atoms with E-state index in [2.05, 4.69) is 15.1 Å². The Bertz CT molecular complexity index is 1370. The lowest BCUT2D eigenvalue weighted by molar-refractivity contribution is -0.106. The molecule has 0 aliphatic carbocycles. The summed E-state index contributed by atoms with van der Waals surface area (Å²) in [4.78, 5) is 29.5. The molecule has 2 amide bonds. The molecule has 0 bridgehead atoms. The molecule has 13 heteroatoms. The molecule has 2 N–H and O–H groups in total. The van der Waals surface area contributed by atoms with Gasteiger partial charge in [-0.05, 0) is 44.3 Å². The molecule has 3 aromatic rings. The van der Waals surface area contributed by atoms with Crippen molar-refractivity contribution in [1.29, 1.82) is 0 Å². The van der Waals surface area contributed by atoms with Crippen molar-refractivity contribution in [1.82, 2.24) is 20.0 Å². The van der Waals surface area contributed by atoms with E-state index in [0.29, 0.717) is 32.6 Å². The maximum Gasteiger partial charge on any atom is 0.256 e. The first-order valence-electron chi connectivity index (χ1n) is 11.6. The number of hydrogen-bond donors (Lipinski definition) is 1. The molecule has 9 nitrogen and oxygen atoms in total. The van der Waals surface area contributed by atoms with Crippen molar-refractivity contribution in [3.63, 3.8) is 0 Å². The van der Waals surface area contributed by atoms with Crippen molar-refractivity contribution in [2.45, 2.75) is 13.0 Å². The fraction of sp³-hybridized carbons (Fsp3) is 0.280. The van der Waals surface area contributed by atoms with E-state index in [0.717, 1.165) is 17.0 Å². The van der Waals surface area contributed by atoms with Crippen molar-refractivity contribution in [2.75, 3.05) is 43.9 Å². The first-order chi connectivity index (χ1) is 18.1. The summed E-state index contributed by atoms with van der Waals surface area (Å²) in [6.45, 7) is 3.95. The van der Waals surface area contributed by atoms with Crippen molar-refractivity contribution in [3.8, 4) is 5.75 Å². The Morgan fingerprint density at radius 3 is 2.47 bits per heavy atom. The third-order valence-corrected chi connectivity index (χ3v) is 6.88. The van der Waals surface area contributed by atoms with Gasteiger partial charge in [0.1, 0.15) is 17.7 Å². The van der Waals surface area contributed by atoms with Gasteiger partial charge in [0.15, 0.2) is 17.4 Å². The summed E-state index contributed by atoms with van der Waals surface area (Å²) in [5.74, 6) is -2.03. The summed E-state index contributed by atoms with van der Waals surface area (Å²) in [6, 6.07) is 7.60. The molecular formula is C25H24Cl2F2N6O3. The Balaban J connectivity index is 1.58. The number of aromatic nitrogens is 2. The fourth-order valence-electron chi connectivity index (χ4n) is 4.01. The zero-order valence-electron chi connectivity index (χ0n) is 20.5.